The molecule has 0 spiro atoms. The SMILES string of the molecule is CCOC(c1nc(CNCC(C)C)cc(=O)[nH]1)C1CC1. The first-order valence-electron chi connectivity index (χ1n) is 7.52. The molecule has 0 aliphatic heterocycles. The summed E-state index contributed by atoms with van der Waals surface area (Å²) in [6, 6.07) is 1.56. The number of nitrogens with one attached hydrogen (secondary N) is 2. The summed E-state index contributed by atoms with van der Waals surface area (Å²) in [6.07, 6.45) is 2.26. The molecule has 1 heterocycles. The molecule has 5 heteroatoms. The lowest BCUT2D eigenvalue weighted by molar-refractivity contribution is 0.0397. The molecule has 1 atom stereocenters. The van der Waals surface area contributed by atoms with Crippen molar-refractivity contribution < 1.29 is 4.74 Å². The van der Waals surface area contributed by atoms with E-state index in [1.807, 2.05) is 6.92 Å². The second kappa shape index (κ2) is 6.99. The Morgan fingerprint density at radius 2 is 2.25 bits per heavy atom. The minimum absolute atomic E-state index is 0.0576. The summed E-state index contributed by atoms with van der Waals surface area (Å²) in [6.45, 7) is 8.46. The van der Waals surface area contributed by atoms with Crippen molar-refractivity contribution in [3.05, 3.63) is 27.9 Å². The number of hydrogen-bond acceptors (Lipinski definition) is 4. The zero-order valence-corrected chi connectivity index (χ0v) is 12.6. The van der Waals surface area contributed by atoms with Crippen molar-refractivity contribution in [1.82, 2.24) is 15.3 Å². The number of hydrogen-bond donors (Lipinski definition) is 2. The van der Waals surface area contributed by atoms with Crippen LogP contribution in [-0.4, -0.2) is 23.1 Å². The van der Waals surface area contributed by atoms with E-state index in [2.05, 4.69) is 29.1 Å². The van der Waals surface area contributed by atoms with Crippen molar-refractivity contribution in [3.63, 3.8) is 0 Å². The zero-order valence-electron chi connectivity index (χ0n) is 12.6. The van der Waals surface area contributed by atoms with Gasteiger partial charge in [0.25, 0.3) is 5.56 Å². The predicted octanol–water partition coefficient (Wildman–Crippen LogP) is 2.00. The van der Waals surface area contributed by atoms with Crippen LogP contribution in [0.3, 0.4) is 0 Å². The van der Waals surface area contributed by atoms with E-state index in [4.69, 9.17) is 4.74 Å². The standard InChI is InChI=1S/C15H25N3O2/c1-4-20-14(11-5-6-11)15-17-12(7-13(19)18-15)9-16-8-10(2)3/h7,10-11,14,16H,4-6,8-9H2,1-3H3,(H,17,18,19). The Labute approximate surface area is 120 Å². The molecule has 1 aromatic rings. The van der Waals surface area contributed by atoms with E-state index in [1.54, 1.807) is 6.07 Å². The molecule has 1 unspecified atom stereocenters. The van der Waals surface area contributed by atoms with Crippen LogP contribution < -0.4 is 10.9 Å². The van der Waals surface area contributed by atoms with Gasteiger partial charge in [0.1, 0.15) is 11.9 Å². The van der Waals surface area contributed by atoms with Crippen LogP contribution in [-0.2, 0) is 11.3 Å². The first-order chi connectivity index (χ1) is 9.60. The van der Waals surface area contributed by atoms with E-state index < -0.39 is 0 Å². The van der Waals surface area contributed by atoms with Gasteiger partial charge >= 0.3 is 0 Å². The molecular weight excluding hydrogens is 254 g/mol. The molecule has 112 valence electrons. The molecule has 0 aromatic carbocycles. The van der Waals surface area contributed by atoms with Gasteiger partial charge in [0.15, 0.2) is 0 Å². The monoisotopic (exact) mass is 279 g/mol. The molecule has 0 bridgehead atoms. The summed E-state index contributed by atoms with van der Waals surface area (Å²) in [5, 5.41) is 3.32. The molecule has 0 amide bonds. The third kappa shape index (κ3) is 4.42. The fourth-order valence-corrected chi connectivity index (χ4v) is 2.26. The molecule has 1 aliphatic rings. The highest BCUT2D eigenvalue weighted by molar-refractivity contribution is 5.07. The van der Waals surface area contributed by atoms with Crippen LogP contribution in [0.4, 0.5) is 0 Å². The van der Waals surface area contributed by atoms with Crippen molar-refractivity contribution in [2.75, 3.05) is 13.2 Å². The van der Waals surface area contributed by atoms with Crippen molar-refractivity contribution in [1.29, 1.82) is 0 Å². The van der Waals surface area contributed by atoms with Crippen LogP contribution in [0.5, 0.6) is 0 Å². The molecule has 2 rings (SSSR count). The van der Waals surface area contributed by atoms with E-state index in [0.29, 0.717) is 30.8 Å². The number of nitrogens with zero attached hydrogens (tertiary/aromatic N) is 1. The second-order valence-electron chi connectivity index (χ2n) is 5.86. The summed E-state index contributed by atoms with van der Waals surface area (Å²) < 4.78 is 5.75. The van der Waals surface area contributed by atoms with Gasteiger partial charge in [-0.1, -0.05) is 13.8 Å². The first kappa shape index (κ1) is 15.2. The van der Waals surface area contributed by atoms with Crippen LogP contribution in [0.25, 0.3) is 0 Å². The summed E-state index contributed by atoms with van der Waals surface area (Å²) in [4.78, 5) is 19.2. The van der Waals surface area contributed by atoms with Gasteiger partial charge in [-0.3, -0.25) is 4.79 Å². The Morgan fingerprint density at radius 1 is 1.50 bits per heavy atom. The summed E-state index contributed by atoms with van der Waals surface area (Å²) >= 11 is 0. The smallest absolute Gasteiger partial charge is 0.251 e. The normalized spacial score (nSPS) is 16.6. The van der Waals surface area contributed by atoms with Crippen LogP contribution in [0.2, 0.25) is 0 Å². The molecule has 2 N–H and O–H groups in total. The van der Waals surface area contributed by atoms with Crippen molar-refractivity contribution in [2.24, 2.45) is 11.8 Å². The minimum atomic E-state index is -0.0956. The van der Waals surface area contributed by atoms with E-state index >= 15 is 0 Å². The van der Waals surface area contributed by atoms with Gasteiger partial charge in [0, 0.05) is 19.2 Å². The Hall–Kier alpha value is -1.20. The summed E-state index contributed by atoms with van der Waals surface area (Å²) in [7, 11) is 0. The summed E-state index contributed by atoms with van der Waals surface area (Å²) in [5.74, 6) is 1.78. The van der Waals surface area contributed by atoms with Gasteiger partial charge in [0.2, 0.25) is 0 Å². The van der Waals surface area contributed by atoms with E-state index in [0.717, 1.165) is 25.1 Å². The maximum absolute atomic E-state index is 11.8. The van der Waals surface area contributed by atoms with Gasteiger partial charge in [-0.05, 0) is 38.1 Å². The lowest BCUT2D eigenvalue weighted by Crippen LogP contribution is -2.23. The molecule has 1 aliphatic carbocycles. The largest absolute Gasteiger partial charge is 0.370 e. The number of rotatable bonds is 8. The topological polar surface area (TPSA) is 67.0 Å². The highest BCUT2D eigenvalue weighted by atomic mass is 16.5. The lowest BCUT2D eigenvalue weighted by Gasteiger charge is -2.16. The summed E-state index contributed by atoms with van der Waals surface area (Å²) in [5.41, 5.74) is 0.691. The number of aromatic nitrogens is 2. The van der Waals surface area contributed by atoms with Crippen LogP contribution in [0.15, 0.2) is 10.9 Å². The van der Waals surface area contributed by atoms with Crippen molar-refractivity contribution in [2.45, 2.75) is 46.3 Å². The van der Waals surface area contributed by atoms with Crippen LogP contribution in [0, 0.1) is 11.8 Å². The molecule has 0 radical (unpaired) electrons. The van der Waals surface area contributed by atoms with Gasteiger partial charge in [0.05, 0.1) is 5.69 Å². The number of aromatic amines is 1. The van der Waals surface area contributed by atoms with Crippen molar-refractivity contribution in [3.8, 4) is 0 Å². The average Bonchev–Trinajstić information content (AvgIpc) is 3.19. The van der Waals surface area contributed by atoms with E-state index in [1.165, 1.54) is 0 Å². The first-order valence-corrected chi connectivity index (χ1v) is 7.52. The predicted molar refractivity (Wildman–Crippen MR) is 78.5 cm³/mol. The van der Waals surface area contributed by atoms with Gasteiger partial charge in [-0.15, -0.1) is 0 Å². The molecule has 5 nitrogen and oxygen atoms in total. The number of ether oxygens (including phenoxy) is 1. The Balaban J connectivity index is 2.08. The molecule has 1 fully saturated rings. The Kier molecular flexibility index (Phi) is 5.31. The third-order valence-electron chi connectivity index (χ3n) is 3.34. The Morgan fingerprint density at radius 3 is 2.85 bits per heavy atom. The Bertz CT molecular complexity index is 480. The average molecular weight is 279 g/mol. The van der Waals surface area contributed by atoms with Crippen LogP contribution in [0.1, 0.15) is 51.2 Å². The molecule has 0 saturated heterocycles. The highest BCUT2D eigenvalue weighted by Gasteiger charge is 2.34. The van der Waals surface area contributed by atoms with Gasteiger partial charge < -0.3 is 15.0 Å². The molecular formula is C15H25N3O2. The molecule has 1 saturated carbocycles. The fourth-order valence-electron chi connectivity index (χ4n) is 2.26. The quantitative estimate of drug-likeness (QED) is 0.764. The van der Waals surface area contributed by atoms with Crippen LogP contribution >= 0.6 is 0 Å². The highest BCUT2D eigenvalue weighted by Crippen LogP contribution is 2.41. The number of H-pyrrole nitrogens is 1. The van der Waals surface area contributed by atoms with E-state index in [-0.39, 0.29) is 11.7 Å². The third-order valence-corrected chi connectivity index (χ3v) is 3.34. The van der Waals surface area contributed by atoms with Crippen molar-refractivity contribution >= 4 is 0 Å². The lowest BCUT2D eigenvalue weighted by atomic mass is 10.2. The second-order valence-corrected chi connectivity index (χ2v) is 5.86. The molecule has 1 aromatic heterocycles. The maximum atomic E-state index is 11.8. The van der Waals surface area contributed by atoms with E-state index in [9.17, 15) is 4.79 Å². The minimum Gasteiger partial charge on any atom is -0.370 e. The maximum Gasteiger partial charge on any atom is 0.251 e. The fraction of sp³-hybridized carbons (Fsp3) is 0.733. The van der Waals surface area contributed by atoms with Gasteiger partial charge in [-0.2, -0.15) is 0 Å². The van der Waals surface area contributed by atoms with Gasteiger partial charge in [-0.25, -0.2) is 4.98 Å². The molecule has 20 heavy (non-hydrogen) atoms. The zero-order chi connectivity index (χ0) is 14.5.